The minimum atomic E-state index is -3.97. The van der Waals surface area contributed by atoms with Gasteiger partial charge in [0.25, 0.3) is 0 Å². The van der Waals surface area contributed by atoms with E-state index in [9.17, 15) is 0 Å². The fourth-order valence-corrected chi connectivity index (χ4v) is 8.35. The monoisotopic (exact) mass is 460 g/mol. The van der Waals surface area contributed by atoms with Crippen molar-refractivity contribution in [1.29, 1.82) is 0 Å². The quantitative estimate of drug-likeness (QED) is 0.645. The molecular formula is C22H30GeN2O4. The van der Waals surface area contributed by atoms with Gasteiger partial charge in [0.2, 0.25) is 0 Å². The van der Waals surface area contributed by atoms with E-state index in [1.54, 1.807) is 0 Å². The maximum absolute atomic E-state index is 6.66. The summed E-state index contributed by atoms with van der Waals surface area (Å²) in [5, 5.41) is 0. The number of likely N-dealkylation sites (N-methyl/N-ethyl adjacent to an activating group) is 2. The molecule has 0 aromatic heterocycles. The first-order valence-corrected chi connectivity index (χ1v) is 13.7. The molecule has 0 radical (unpaired) electrons. The van der Waals surface area contributed by atoms with Gasteiger partial charge in [0.1, 0.15) is 0 Å². The van der Waals surface area contributed by atoms with E-state index < -0.39 is 14.6 Å². The van der Waals surface area contributed by atoms with Crippen LogP contribution >= 0.6 is 0 Å². The molecule has 2 heterocycles. The van der Waals surface area contributed by atoms with Crippen molar-refractivity contribution in [3.8, 4) is 0 Å². The van der Waals surface area contributed by atoms with E-state index in [0.717, 1.165) is 37.3 Å². The second kappa shape index (κ2) is 9.70. The second-order valence-corrected chi connectivity index (χ2v) is 12.1. The fourth-order valence-electron chi connectivity index (χ4n) is 3.71. The van der Waals surface area contributed by atoms with E-state index in [0.29, 0.717) is 13.2 Å². The Bertz CT molecular complexity index is 698. The van der Waals surface area contributed by atoms with Crippen LogP contribution in [0.5, 0.6) is 0 Å². The Kier molecular flexibility index (Phi) is 7.02. The molecule has 7 heteroatoms. The first kappa shape index (κ1) is 21.0. The SMILES string of the molecule is CN1CC[O][Ge]2([O]CCN(C)CC(c3ccccc3)[O]2)[O]C(c2ccccc2)C1. The predicted octanol–water partition coefficient (Wildman–Crippen LogP) is 2.86. The van der Waals surface area contributed by atoms with Crippen molar-refractivity contribution >= 4 is 14.6 Å². The summed E-state index contributed by atoms with van der Waals surface area (Å²) < 4.78 is 26.0. The minimum absolute atomic E-state index is 0.143. The third kappa shape index (κ3) is 5.46. The van der Waals surface area contributed by atoms with E-state index in [1.165, 1.54) is 0 Å². The molecule has 0 amide bonds. The van der Waals surface area contributed by atoms with Gasteiger partial charge in [-0.15, -0.1) is 0 Å². The van der Waals surface area contributed by atoms with Crippen LogP contribution in [0, 0.1) is 0 Å². The Labute approximate surface area is 177 Å². The zero-order valence-corrected chi connectivity index (χ0v) is 19.3. The summed E-state index contributed by atoms with van der Waals surface area (Å²) in [6.07, 6.45) is -0.287. The summed E-state index contributed by atoms with van der Waals surface area (Å²) in [4.78, 5) is 4.47. The zero-order valence-electron chi connectivity index (χ0n) is 17.2. The molecule has 29 heavy (non-hydrogen) atoms. The van der Waals surface area contributed by atoms with Crippen LogP contribution in [-0.4, -0.2) is 77.9 Å². The van der Waals surface area contributed by atoms with Gasteiger partial charge in [0, 0.05) is 0 Å². The van der Waals surface area contributed by atoms with Gasteiger partial charge in [0.15, 0.2) is 0 Å². The third-order valence-electron chi connectivity index (χ3n) is 5.37. The molecule has 0 N–H and O–H groups in total. The molecule has 1 spiro atoms. The molecule has 2 aliphatic heterocycles. The first-order valence-electron chi connectivity index (χ1n) is 10.2. The zero-order chi connectivity index (χ0) is 20.1. The molecule has 2 saturated heterocycles. The van der Waals surface area contributed by atoms with Crippen LogP contribution in [0.15, 0.2) is 60.7 Å². The predicted molar refractivity (Wildman–Crippen MR) is 113 cm³/mol. The standard InChI is InChI=1S/C22H30GeN2O4/c1-24-13-15-26-23(28-21(17-24)19-9-5-3-6-10-19)27-16-14-25(2)18-22(29-23)20-11-7-4-8-12-20/h3-12,21-22H,13-18H2,1-2H3. The van der Waals surface area contributed by atoms with E-state index in [1.807, 2.05) is 36.4 Å². The van der Waals surface area contributed by atoms with E-state index in [-0.39, 0.29) is 12.2 Å². The Morgan fingerprint density at radius 3 is 1.52 bits per heavy atom. The number of hydrogen-bond donors (Lipinski definition) is 0. The van der Waals surface area contributed by atoms with Gasteiger partial charge >= 0.3 is 177 Å². The average Bonchev–Trinajstić information content (AvgIpc) is 2.71. The molecule has 4 rings (SSSR count). The maximum atomic E-state index is 6.66. The van der Waals surface area contributed by atoms with Crippen LogP contribution in [0.4, 0.5) is 0 Å². The summed E-state index contributed by atoms with van der Waals surface area (Å²) >= 11 is -3.97. The van der Waals surface area contributed by atoms with Gasteiger partial charge in [-0.05, 0) is 0 Å². The summed E-state index contributed by atoms with van der Waals surface area (Å²) in [6.45, 7) is 4.31. The van der Waals surface area contributed by atoms with Gasteiger partial charge in [-0.25, -0.2) is 0 Å². The number of rotatable bonds is 2. The molecule has 0 bridgehead atoms. The molecule has 2 atom stereocenters. The molecule has 0 saturated carbocycles. The molecule has 2 aromatic carbocycles. The van der Waals surface area contributed by atoms with Crippen molar-refractivity contribution in [2.45, 2.75) is 12.2 Å². The summed E-state index contributed by atoms with van der Waals surface area (Å²) in [7, 11) is 4.18. The Balaban J connectivity index is 1.64. The second-order valence-electron chi connectivity index (χ2n) is 7.76. The topological polar surface area (TPSA) is 43.4 Å². The van der Waals surface area contributed by atoms with E-state index >= 15 is 0 Å². The van der Waals surface area contributed by atoms with Crippen molar-refractivity contribution in [3.63, 3.8) is 0 Å². The normalized spacial score (nSPS) is 30.3. The van der Waals surface area contributed by atoms with E-state index in [2.05, 4.69) is 48.2 Å². The molecule has 0 aliphatic carbocycles. The number of benzene rings is 2. The van der Waals surface area contributed by atoms with Gasteiger partial charge in [-0.3, -0.25) is 0 Å². The van der Waals surface area contributed by atoms with Crippen LogP contribution in [0.25, 0.3) is 0 Å². The summed E-state index contributed by atoms with van der Waals surface area (Å²) in [6, 6.07) is 20.6. The molecule has 156 valence electrons. The molecule has 2 fully saturated rings. The summed E-state index contributed by atoms with van der Waals surface area (Å²) in [5.41, 5.74) is 2.25. The van der Waals surface area contributed by atoms with Crippen molar-refractivity contribution in [1.82, 2.24) is 9.80 Å². The Morgan fingerprint density at radius 1 is 0.690 bits per heavy atom. The van der Waals surface area contributed by atoms with Crippen LogP contribution in [-0.2, 0) is 15.1 Å². The van der Waals surface area contributed by atoms with Gasteiger partial charge in [-0.1, -0.05) is 0 Å². The van der Waals surface area contributed by atoms with Crippen molar-refractivity contribution < 1.29 is 15.1 Å². The van der Waals surface area contributed by atoms with Gasteiger partial charge in [0.05, 0.1) is 0 Å². The fraction of sp³-hybridized carbons (Fsp3) is 0.455. The number of hydrogen-bond acceptors (Lipinski definition) is 6. The average molecular weight is 459 g/mol. The summed E-state index contributed by atoms with van der Waals surface area (Å²) in [5.74, 6) is 0. The van der Waals surface area contributed by atoms with Crippen LogP contribution in [0.3, 0.4) is 0 Å². The Hall–Kier alpha value is -1.26. The van der Waals surface area contributed by atoms with Crippen LogP contribution in [0.1, 0.15) is 23.3 Å². The van der Waals surface area contributed by atoms with Gasteiger partial charge in [-0.2, -0.15) is 0 Å². The molecule has 2 aromatic rings. The van der Waals surface area contributed by atoms with E-state index in [4.69, 9.17) is 15.1 Å². The van der Waals surface area contributed by atoms with Crippen LogP contribution in [0.2, 0.25) is 0 Å². The number of nitrogens with zero attached hydrogens (tertiary/aromatic N) is 2. The molecular weight excluding hydrogens is 429 g/mol. The Morgan fingerprint density at radius 2 is 1.10 bits per heavy atom. The molecule has 6 nitrogen and oxygen atoms in total. The van der Waals surface area contributed by atoms with Crippen molar-refractivity contribution in [2.24, 2.45) is 0 Å². The van der Waals surface area contributed by atoms with Crippen molar-refractivity contribution in [3.05, 3.63) is 71.8 Å². The van der Waals surface area contributed by atoms with Gasteiger partial charge < -0.3 is 0 Å². The third-order valence-corrected chi connectivity index (χ3v) is 10.1. The molecule has 2 aliphatic rings. The first-order chi connectivity index (χ1) is 14.1. The van der Waals surface area contributed by atoms with Crippen LogP contribution < -0.4 is 0 Å². The molecule has 2 unspecified atom stereocenters. The van der Waals surface area contributed by atoms with Crippen molar-refractivity contribution in [2.75, 3.05) is 53.5 Å².